The van der Waals surface area contributed by atoms with E-state index < -0.39 is 30.3 Å². The van der Waals surface area contributed by atoms with Gasteiger partial charge in [0.25, 0.3) is 15.9 Å². The van der Waals surface area contributed by atoms with Crippen molar-refractivity contribution in [3.63, 3.8) is 0 Å². The SMILES string of the molecule is CCCCC1=NC2(CCCC2)C(=O)N1Cc1ccc(-c2ccccc2S(=O)(=O)N(COC(C)[Si](C)(C)C)c2onc(C)c2C)c(CCCF)c1. The average molecular weight is 725 g/mol. The van der Waals surface area contributed by atoms with Crippen LogP contribution in [-0.2, 0) is 32.5 Å². The van der Waals surface area contributed by atoms with Gasteiger partial charge in [0.15, 0.2) is 0 Å². The lowest BCUT2D eigenvalue weighted by Gasteiger charge is -2.29. The number of benzene rings is 2. The number of rotatable bonds is 16. The van der Waals surface area contributed by atoms with E-state index in [-0.39, 0.29) is 35.6 Å². The maximum atomic E-state index is 14.7. The van der Waals surface area contributed by atoms with Gasteiger partial charge in [-0.1, -0.05) is 87.4 Å². The average Bonchev–Trinajstić information content (AvgIpc) is 3.77. The largest absolute Gasteiger partial charge is 0.360 e. The van der Waals surface area contributed by atoms with Gasteiger partial charge in [0.1, 0.15) is 18.1 Å². The Morgan fingerprint density at radius 2 is 1.78 bits per heavy atom. The molecule has 1 amide bonds. The summed E-state index contributed by atoms with van der Waals surface area (Å²) in [6.45, 7) is 13.8. The highest BCUT2D eigenvalue weighted by molar-refractivity contribution is 7.93. The molecule has 1 atom stereocenters. The van der Waals surface area contributed by atoms with E-state index in [4.69, 9.17) is 14.3 Å². The summed E-state index contributed by atoms with van der Waals surface area (Å²) in [5.41, 5.74) is 3.36. The molecule has 2 aromatic carbocycles. The van der Waals surface area contributed by atoms with Gasteiger partial charge in [-0.15, -0.1) is 0 Å². The fourth-order valence-corrected chi connectivity index (χ4v) is 8.79. The smallest absolute Gasteiger partial charge is 0.269 e. The summed E-state index contributed by atoms with van der Waals surface area (Å²) in [6, 6.07) is 12.7. The van der Waals surface area contributed by atoms with E-state index in [1.807, 2.05) is 30.0 Å². The Bertz CT molecular complexity index is 1810. The molecule has 0 saturated heterocycles. The standard InChI is InChI=1S/C38H53FN4O5SSi/c1-8-9-18-35-40-38(21-12-13-22-38)37(44)42(35)25-30-19-20-32(31(24-30)15-14-23-39)33-16-10-11-17-34(33)49(45,46)43(26-47-29(4)50(5,6)7)36-27(2)28(3)41-48-36/h10-11,16-17,19-20,24,29H,8-9,12-15,18,21-23,25-26H2,1-7H3. The number of amides is 1. The van der Waals surface area contributed by atoms with Gasteiger partial charge in [0, 0.05) is 23.3 Å². The van der Waals surface area contributed by atoms with E-state index in [9.17, 15) is 17.6 Å². The highest BCUT2D eigenvalue weighted by atomic mass is 32.2. The summed E-state index contributed by atoms with van der Waals surface area (Å²) in [7, 11) is -5.99. The molecule has 1 saturated carbocycles. The second-order valence-electron chi connectivity index (χ2n) is 14.9. The molecule has 272 valence electrons. The first-order chi connectivity index (χ1) is 23.7. The van der Waals surface area contributed by atoms with Gasteiger partial charge in [-0.05, 0) is 75.6 Å². The molecule has 0 N–H and O–H groups in total. The maximum absolute atomic E-state index is 14.7. The van der Waals surface area contributed by atoms with Crippen LogP contribution in [0.2, 0.25) is 19.6 Å². The van der Waals surface area contributed by atoms with Crippen LogP contribution in [0.1, 0.15) is 87.6 Å². The summed E-state index contributed by atoms with van der Waals surface area (Å²) in [5.74, 6) is 1.05. The van der Waals surface area contributed by atoms with Crippen molar-refractivity contribution in [2.75, 3.05) is 17.7 Å². The van der Waals surface area contributed by atoms with Crippen LogP contribution in [-0.4, -0.2) is 63.0 Å². The Balaban J connectivity index is 1.53. The molecule has 1 aromatic heterocycles. The lowest BCUT2D eigenvalue weighted by atomic mass is 9.94. The molecule has 1 spiro atoms. The number of anilines is 1. The predicted octanol–water partition coefficient (Wildman–Crippen LogP) is 8.54. The molecule has 5 rings (SSSR count). The number of hydrogen-bond donors (Lipinski definition) is 0. The third kappa shape index (κ3) is 7.77. The molecule has 2 aliphatic rings. The minimum atomic E-state index is -4.24. The molecule has 50 heavy (non-hydrogen) atoms. The fourth-order valence-electron chi connectivity index (χ4n) is 6.69. The number of sulfonamides is 1. The number of carbonyl (C=O) groups is 1. The molecular weight excluding hydrogens is 672 g/mol. The van der Waals surface area contributed by atoms with Crippen LogP contribution in [0, 0.1) is 13.8 Å². The first-order valence-electron chi connectivity index (χ1n) is 18.0. The van der Waals surface area contributed by atoms with Gasteiger partial charge in [0.05, 0.1) is 31.9 Å². The van der Waals surface area contributed by atoms with Crippen LogP contribution in [0.3, 0.4) is 0 Å². The van der Waals surface area contributed by atoms with E-state index >= 15 is 0 Å². The van der Waals surface area contributed by atoms with Crippen molar-refractivity contribution in [1.82, 2.24) is 10.1 Å². The number of amidine groups is 1. The van der Waals surface area contributed by atoms with E-state index in [1.165, 1.54) is 4.31 Å². The van der Waals surface area contributed by atoms with Gasteiger partial charge in [-0.2, -0.15) is 0 Å². The van der Waals surface area contributed by atoms with Crippen molar-refractivity contribution >= 4 is 35.7 Å². The van der Waals surface area contributed by atoms with Gasteiger partial charge in [0.2, 0.25) is 5.88 Å². The minimum Gasteiger partial charge on any atom is -0.360 e. The minimum absolute atomic E-state index is 0.0793. The van der Waals surface area contributed by atoms with E-state index in [2.05, 4.69) is 31.7 Å². The Hall–Kier alpha value is -3.35. The fraction of sp³-hybridized carbons (Fsp3) is 0.553. The number of aromatic nitrogens is 1. The van der Waals surface area contributed by atoms with Crippen molar-refractivity contribution in [2.45, 2.75) is 128 Å². The van der Waals surface area contributed by atoms with Crippen molar-refractivity contribution in [2.24, 2.45) is 4.99 Å². The van der Waals surface area contributed by atoms with E-state index in [1.54, 1.807) is 38.1 Å². The number of carbonyl (C=O) groups excluding carboxylic acids is 1. The van der Waals surface area contributed by atoms with Gasteiger partial charge < -0.3 is 9.26 Å². The van der Waals surface area contributed by atoms with Crippen LogP contribution >= 0.6 is 0 Å². The molecule has 9 nitrogen and oxygen atoms in total. The third-order valence-corrected chi connectivity index (χ3v) is 14.7. The first-order valence-corrected chi connectivity index (χ1v) is 23.0. The summed E-state index contributed by atoms with van der Waals surface area (Å²) in [4.78, 5) is 20.8. The monoisotopic (exact) mass is 724 g/mol. The lowest BCUT2D eigenvalue weighted by molar-refractivity contribution is -0.131. The normalized spacial score (nSPS) is 16.8. The summed E-state index contributed by atoms with van der Waals surface area (Å²) in [6.07, 6.45) is 6.99. The summed E-state index contributed by atoms with van der Waals surface area (Å²) >= 11 is 0. The maximum Gasteiger partial charge on any atom is 0.269 e. The number of aryl methyl sites for hydroxylation is 2. The van der Waals surface area contributed by atoms with Crippen molar-refractivity contribution in [3.8, 4) is 11.1 Å². The topological polar surface area (TPSA) is 105 Å². The summed E-state index contributed by atoms with van der Waals surface area (Å²) in [5, 5.41) is 4.05. The van der Waals surface area contributed by atoms with E-state index in [0.717, 1.165) is 61.9 Å². The Labute approximate surface area is 298 Å². The van der Waals surface area contributed by atoms with Crippen LogP contribution in [0.5, 0.6) is 0 Å². The van der Waals surface area contributed by atoms with Crippen LogP contribution in [0.15, 0.2) is 56.9 Å². The third-order valence-electron chi connectivity index (χ3n) is 10.3. The molecule has 0 bridgehead atoms. The number of alkyl halides is 1. The number of unbranched alkanes of at least 4 members (excludes halogenated alkanes) is 1. The molecule has 1 aliphatic heterocycles. The van der Waals surface area contributed by atoms with Crippen LogP contribution in [0.4, 0.5) is 10.3 Å². The molecule has 1 unspecified atom stereocenters. The van der Waals surface area contributed by atoms with Crippen LogP contribution in [0.25, 0.3) is 11.1 Å². The molecule has 2 heterocycles. The molecule has 0 radical (unpaired) electrons. The van der Waals surface area contributed by atoms with Gasteiger partial charge >= 0.3 is 0 Å². The van der Waals surface area contributed by atoms with E-state index in [0.29, 0.717) is 35.3 Å². The number of aliphatic imine (C=N–C) groups is 1. The highest BCUT2D eigenvalue weighted by Crippen LogP contribution is 2.41. The van der Waals surface area contributed by atoms with Crippen molar-refractivity contribution in [3.05, 3.63) is 64.8 Å². The highest BCUT2D eigenvalue weighted by Gasteiger charge is 2.49. The van der Waals surface area contributed by atoms with Gasteiger partial charge in [-0.3, -0.25) is 19.1 Å². The molecule has 1 fully saturated rings. The molecule has 12 heteroatoms. The zero-order chi connectivity index (χ0) is 36.3. The Kier molecular flexibility index (Phi) is 11.7. The predicted molar refractivity (Wildman–Crippen MR) is 199 cm³/mol. The second-order valence-corrected chi connectivity index (χ2v) is 22.3. The molecule has 1 aliphatic carbocycles. The van der Waals surface area contributed by atoms with Crippen molar-refractivity contribution in [1.29, 1.82) is 0 Å². The zero-order valence-electron chi connectivity index (χ0n) is 30.7. The second kappa shape index (κ2) is 15.5. The Morgan fingerprint density at radius 3 is 2.42 bits per heavy atom. The zero-order valence-corrected chi connectivity index (χ0v) is 32.5. The van der Waals surface area contributed by atoms with Crippen LogP contribution < -0.4 is 4.31 Å². The number of ether oxygens (including phenoxy) is 1. The number of nitrogens with zero attached hydrogens (tertiary/aromatic N) is 4. The first kappa shape index (κ1) is 37.9. The quantitative estimate of drug-likeness (QED) is 0.108. The molecular formula is C38H53FN4O5SSi. The Morgan fingerprint density at radius 1 is 1.06 bits per heavy atom. The lowest BCUT2D eigenvalue weighted by Crippen LogP contribution is -2.42. The summed E-state index contributed by atoms with van der Waals surface area (Å²) < 4.78 is 56.1. The number of halogens is 1. The van der Waals surface area contributed by atoms with Gasteiger partial charge in [-0.25, -0.2) is 12.7 Å². The number of hydrogen-bond acceptors (Lipinski definition) is 7. The van der Waals surface area contributed by atoms with Crippen molar-refractivity contribution < 1.29 is 26.9 Å². The molecule has 3 aromatic rings.